The fraction of sp³-hybridized carbons (Fsp3) is 0.545. The topological polar surface area (TPSA) is 71.5 Å². The van der Waals surface area contributed by atoms with Gasteiger partial charge >= 0.3 is 6.09 Å². The Hall–Kier alpha value is -1.63. The molecular weight excluding hydrogens is 254 g/mol. The lowest BCUT2D eigenvalue weighted by molar-refractivity contribution is -0.124. The predicted octanol–water partition coefficient (Wildman–Crippen LogP) is 0.990. The quantitative estimate of drug-likeness (QED) is 0.888. The lowest BCUT2D eigenvalue weighted by Crippen LogP contribution is -2.45. The third-order valence-corrected chi connectivity index (χ3v) is 3.59. The minimum absolute atomic E-state index is 0.140. The molecule has 0 bridgehead atoms. The fourth-order valence-electron chi connectivity index (χ4n) is 1.96. The van der Waals surface area contributed by atoms with Gasteiger partial charge in [0.2, 0.25) is 5.91 Å². The number of aromatic nitrogens is 1. The van der Waals surface area contributed by atoms with Crippen LogP contribution in [0.4, 0.5) is 4.79 Å². The summed E-state index contributed by atoms with van der Waals surface area (Å²) in [5.41, 5.74) is 0. The van der Waals surface area contributed by atoms with Gasteiger partial charge in [0, 0.05) is 25.2 Å². The zero-order valence-corrected chi connectivity index (χ0v) is 10.9. The molecule has 0 radical (unpaired) electrons. The zero-order valence-electron chi connectivity index (χ0n) is 10.1. The minimum atomic E-state index is -0.448. The van der Waals surface area contributed by atoms with Crippen molar-refractivity contribution < 1.29 is 14.3 Å². The third kappa shape index (κ3) is 2.79. The monoisotopic (exact) mass is 269 g/mol. The Balaban J connectivity index is 1.89. The fourth-order valence-corrected chi connectivity index (χ4v) is 2.48. The molecule has 2 amide bonds. The highest BCUT2D eigenvalue weighted by molar-refractivity contribution is 7.09. The SMILES string of the molecule is CNC(=O)C1CCCN1C(=O)OCc1nccs1. The van der Waals surface area contributed by atoms with E-state index in [4.69, 9.17) is 4.74 Å². The molecule has 0 aromatic carbocycles. The van der Waals surface area contributed by atoms with Crippen LogP contribution in [-0.2, 0) is 16.1 Å². The first-order valence-corrected chi connectivity index (χ1v) is 6.63. The maximum Gasteiger partial charge on any atom is 0.410 e. The van der Waals surface area contributed by atoms with Gasteiger partial charge in [-0.2, -0.15) is 0 Å². The first-order chi connectivity index (χ1) is 8.72. The zero-order chi connectivity index (χ0) is 13.0. The van der Waals surface area contributed by atoms with Gasteiger partial charge in [0.25, 0.3) is 0 Å². The molecule has 1 fully saturated rings. The number of thiazole rings is 1. The van der Waals surface area contributed by atoms with Crippen LogP contribution in [0.3, 0.4) is 0 Å². The van der Waals surface area contributed by atoms with E-state index in [1.54, 1.807) is 13.2 Å². The molecule has 1 aromatic heterocycles. The van der Waals surface area contributed by atoms with Crippen LogP contribution in [0.25, 0.3) is 0 Å². The van der Waals surface area contributed by atoms with Crippen molar-refractivity contribution in [3.63, 3.8) is 0 Å². The molecule has 7 heteroatoms. The Kier molecular flexibility index (Phi) is 4.14. The smallest absolute Gasteiger partial charge is 0.410 e. The Morgan fingerprint density at radius 3 is 3.17 bits per heavy atom. The van der Waals surface area contributed by atoms with E-state index in [1.807, 2.05) is 5.38 Å². The summed E-state index contributed by atoms with van der Waals surface area (Å²) >= 11 is 1.43. The van der Waals surface area contributed by atoms with E-state index in [2.05, 4.69) is 10.3 Å². The van der Waals surface area contributed by atoms with Crippen LogP contribution < -0.4 is 5.32 Å². The molecular formula is C11H15N3O3S. The lowest BCUT2D eigenvalue weighted by atomic mass is 10.2. The number of nitrogens with one attached hydrogen (secondary N) is 1. The standard InChI is InChI=1S/C11H15N3O3S/c1-12-10(15)8-3-2-5-14(8)11(16)17-7-9-13-4-6-18-9/h4,6,8H,2-3,5,7H2,1H3,(H,12,15). The summed E-state index contributed by atoms with van der Waals surface area (Å²) in [6, 6.07) is -0.404. The highest BCUT2D eigenvalue weighted by atomic mass is 32.1. The van der Waals surface area contributed by atoms with Crippen molar-refractivity contribution in [3.05, 3.63) is 16.6 Å². The van der Waals surface area contributed by atoms with Crippen molar-refractivity contribution in [1.82, 2.24) is 15.2 Å². The maximum absolute atomic E-state index is 11.9. The number of nitrogens with zero attached hydrogens (tertiary/aromatic N) is 2. The van der Waals surface area contributed by atoms with Crippen molar-refractivity contribution in [1.29, 1.82) is 0 Å². The van der Waals surface area contributed by atoms with E-state index in [9.17, 15) is 9.59 Å². The Morgan fingerprint density at radius 2 is 2.50 bits per heavy atom. The van der Waals surface area contributed by atoms with Crippen molar-refractivity contribution >= 4 is 23.3 Å². The molecule has 1 aromatic rings. The van der Waals surface area contributed by atoms with Gasteiger partial charge in [-0.1, -0.05) is 0 Å². The molecule has 2 heterocycles. The highest BCUT2D eigenvalue weighted by Gasteiger charge is 2.34. The molecule has 2 rings (SSSR count). The number of carbonyl (C=O) groups excluding carboxylic acids is 2. The second-order valence-corrected chi connectivity index (χ2v) is 4.93. The summed E-state index contributed by atoms with van der Waals surface area (Å²) in [6.45, 7) is 0.724. The first-order valence-electron chi connectivity index (χ1n) is 5.75. The van der Waals surface area contributed by atoms with Crippen molar-refractivity contribution in [3.8, 4) is 0 Å². The van der Waals surface area contributed by atoms with Gasteiger partial charge in [-0.25, -0.2) is 9.78 Å². The van der Waals surface area contributed by atoms with Crippen molar-refractivity contribution in [2.45, 2.75) is 25.5 Å². The highest BCUT2D eigenvalue weighted by Crippen LogP contribution is 2.19. The predicted molar refractivity (Wildman–Crippen MR) is 66.1 cm³/mol. The van der Waals surface area contributed by atoms with Gasteiger partial charge in [0.1, 0.15) is 17.7 Å². The van der Waals surface area contributed by atoms with Crippen LogP contribution in [0.1, 0.15) is 17.8 Å². The molecule has 0 spiro atoms. The summed E-state index contributed by atoms with van der Waals surface area (Å²) < 4.78 is 5.15. The van der Waals surface area contributed by atoms with E-state index in [0.717, 1.165) is 11.4 Å². The number of carbonyl (C=O) groups is 2. The van der Waals surface area contributed by atoms with E-state index in [0.29, 0.717) is 13.0 Å². The Labute approximate surface area is 109 Å². The molecule has 1 aliphatic rings. The van der Waals surface area contributed by atoms with Crippen LogP contribution in [0, 0.1) is 0 Å². The number of hydrogen-bond acceptors (Lipinski definition) is 5. The molecule has 1 aliphatic heterocycles. The third-order valence-electron chi connectivity index (χ3n) is 2.84. The minimum Gasteiger partial charge on any atom is -0.442 e. The maximum atomic E-state index is 11.9. The Morgan fingerprint density at radius 1 is 1.67 bits per heavy atom. The number of rotatable bonds is 3. The molecule has 1 saturated heterocycles. The number of amides is 2. The largest absolute Gasteiger partial charge is 0.442 e. The molecule has 98 valence electrons. The average Bonchev–Trinajstić information content (AvgIpc) is 3.05. The van der Waals surface area contributed by atoms with Gasteiger partial charge in [-0.05, 0) is 12.8 Å². The molecule has 1 N–H and O–H groups in total. The van der Waals surface area contributed by atoms with Crippen LogP contribution in [-0.4, -0.2) is 41.5 Å². The van der Waals surface area contributed by atoms with Crippen LogP contribution in [0.2, 0.25) is 0 Å². The van der Waals surface area contributed by atoms with Gasteiger partial charge < -0.3 is 10.1 Å². The molecule has 1 unspecified atom stereocenters. The van der Waals surface area contributed by atoms with E-state index < -0.39 is 12.1 Å². The van der Waals surface area contributed by atoms with Gasteiger partial charge in [-0.15, -0.1) is 11.3 Å². The molecule has 0 aliphatic carbocycles. The van der Waals surface area contributed by atoms with Gasteiger partial charge in [0.05, 0.1) is 0 Å². The van der Waals surface area contributed by atoms with Crippen LogP contribution in [0.5, 0.6) is 0 Å². The summed E-state index contributed by atoms with van der Waals surface area (Å²) in [6.07, 6.45) is 2.73. The van der Waals surface area contributed by atoms with Crippen molar-refractivity contribution in [2.24, 2.45) is 0 Å². The average molecular weight is 269 g/mol. The summed E-state index contributed by atoms with van der Waals surface area (Å²) in [5.74, 6) is -0.140. The van der Waals surface area contributed by atoms with E-state index in [-0.39, 0.29) is 12.5 Å². The Bertz CT molecular complexity index is 421. The molecule has 1 atom stereocenters. The summed E-state index contributed by atoms with van der Waals surface area (Å²) in [4.78, 5) is 29.0. The number of likely N-dealkylation sites (N-methyl/N-ethyl adjacent to an activating group) is 1. The van der Waals surface area contributed by atoms with E-state index in [1.165, 1.54) is 16.2 Å². The molecule has 0 saturated carbocycles. The molecule has 18 heavy (non-hydrogen) atoms. The first kappa shape index (κ1) is 12.8. The number of hydrogen-bond donors (Lipinski definition) is 1. The second-order valence-electron chi connectivity index (χ2n) is 3.95. The van der Waals surface area contributed by atoms with Gasteiger partial charge in [-0.3, -0.25) is 9.69 Å². The number of ether oxygens (including phenoxy) is 1. The second kappa shape index (κ2) is 5.81. The molecule has 6 nitrogen and oxygen atoms in total. The number of likely N-dealkylation sites (tertiary alicyclic amines) is 1. The van der Waals surface area contributed by atoms with Gasteiger partial charge in [0.15, 0.2) is 0 Å². The lowest BCUT2D eigenvalue weighted by Gasteiger charge is -2.22. The van der Waals surface area contributed by atoms with Crippen molar-refractivity contribution in [2.75, 3.05) is 13.6 Å². The summed E-state index contributed by atoms with van der Waals surface area (Å²) in [5, 5.41) is 5.14. The normalized spacial score (nSPS) is 18.7. The van der Waals surface area contributed by atoms with Crippen LogP contribution in [0.15, 0.2) is 11.6 Å². The van der Waals surface area contributed by atoms with E-state index >= 15 is 0 Å². The summed E-state index contributed by atoms with van der Waals surface area (Å²) in [7, 11) is 1.57. The van der Waals surface area contributed by atoms with Crippen LogP contribution >= 0.6 is 11.3 Å².